The van der Waals surface area contributed by atoms with Crippen molar-refractivity contribution >= 4 is 0 Å². The molecule has 2 atom stereocenters. The number of allylic oxidation sites excluding steroid dienone is 1. The first kappa shape index (κ1) is 28.2. The number of hydrogen-bond acceptors (Lipinski definition) is 1. The zero-order chi connectivity index (χ0) is 26.9. The molecule has 1 fully saturated rings. The molecular weight excluding hydrogens is 481 g/mol. The van der Waals surface area contributed by atoms with E-state index < -0.39 is 11.6 Å². The van der Waals surface area contributed by atoms with Crippen LogP contribution >= 0.6 is 0 Å². The van der Waals surface area contributed by atoms with Crippen molar-refractivity contribution in [3.8, 4) is 22.3 Å². The standard InChI is InChI=1S/C34H39F3O/c1-3-5-6-7-8-9-11-26-17-21-31(34(37)33(26)36)25-14-12-24(13-15-25)30-20-18-27(22-32(30)35)28-16-19-29(10-4-2)38-23-28/h4,10,12-15,17-18,20-22,28-29H,3,5-9,11,16,19,23H2,1-2H3. The Morgan fingerprint density at radius 1 is 0.789 bits per heavy atom. The molecule has 1 heterocycles. The van der Waals surface area contributed by atoms with E-state index in [1.54, 1.807) is 48.5 Å². The third kappa shape index (κ3) is 6.96. The maximum absolute atomic E-state index is 15.1. The lowest BCUT2D eigenvalue weighted by atomic mass is 9.89. The molecule has 0 spiro atoms. The molecule has 2 unspecified atom stereocenters. The summed E-state index contributed by atoms with van der Waals surface area (Å²) < 4.78 is 50.7. The Morgan fingerprint density at radius 3 is 2.13 bits per heavy atom. The van der Waals surface area contributed by atoms with Crippen LogP contribution in [0.4, 0.5) is 13.2 Å². The van der Waals surface area contributed by atoms with E-state index in [9.17, 15) is 8.78 Å². The van der Waals surface area contributed by atoms with Gasteiger partial charge in [0.15, 0.2) is 11.6 Å². The lowest BCUT2D eigenvalue weighted by molar-refractivity contribution is 0.0326. The Balaban J connectivity index is 1.41. The Bertz CT molecular complexity index is 1210. The van der Waals surface area contributed by atoms with Crippen molar-refractivity contribution < 1.29 is 17.9 Å². The number of benzene rings is 3. The first-order valence-electron chi connectivity index (χ1n) is 14.1. The van der Waals surface area contributed by atoms with Gasteiger partial charge >= 0.3 is 0 Å². The first-order chi connectivity index (χ1) is 18.5. The average Bonchev–Trinajstić information content (AvgIpc) is 2.94. The fourth-order valence-corrected chi connectivity index (χ4v) is 5.35. The van der Waals surface area contributed by atoms with Crippen LogP contribution in [0.3, 0.4) is 0 Å². The molecule has 4 rings (SSSR count). The highest BCUT2D eigenvalue weighted by molar-refractivity contribution is 5.71. The second-order valence-corrected chi connectivity index (χ2v) is 10.4. The number of unbranched alkanes of at least 4 members (excludes halogenated alkanes) is 5. The summed E-state index contributed by atoms with van der Waals surface area (Å²) in [5.41, 5.74) is 3.37. The lowest BCUT2D eigenvalue weighted by Crippen LogP contribution is -2.23. The molecule has 0 radical (unpaired) electrons. The van der Waals surface area contributed by atoms with E-state index in [0.717, 1.165) is 37.7 Å². The van der Waals surface area contributed by atoms with E-state index in [4.69, 9.17) is 4.74 Å². The van der Waals surface area contributed by atoms with Gasteiger partial charge in [-0.1, -0.05) is 99.7 Å². The largest absolute Gasteiger partial charge is 0.374 e. The third-order valence-electron chi connectivity index (χ3n) is 7.65. The molecule has 3 aromatic carbocycles. The van der Waals surface area contributed by atoms with Crippen molar-refractivity contribution in [1.82, 2.24) is 0 Å². The van der Waals surface area contributed by atoms with Gasteiger partial charge in [-0.2, -0.15) is 0 Å². The van der Waals surface area contributed by atoms with E-state index in [2.05, 4.69) is 13.0 Å². The molecule has 1 aliphatic heterocycles. The van der Waals surface area contributed by atoms with Gasteiger partial charge in [-0.15, -0.1) is 0 Å². The summed E-state index contributed by atoms with van der Waals surface area (Å²) in [7, 11) is 0. The average molecular weight is 521 g/mol. The predicted molar refractivity (Wildman–Crippen MR) is 151 cm³/mol. The van der Waals surface area contributed by atoms with Crippen LogP contribution in [0, 0.1) is 17.5 Å². The van der Waals surface area contributed by atoms with Gasteiger partial charge in [0.25, 0.3) is 0 Å². The Kier molecular flexibility index (Phi) is 10.2. The van der Waals surface area contributed by atoms with Crippen molar-refractivity contribution in [2.24, 2.45) is 0 Å². The van der Waals surface area contributed by atoms with Crippen molar-refractivity contribution in [1.29, 1.82) is 0 Å². The molecule has 1 saturated heterocycles. The van der Waals surface area contributed by atoms with Crippen LogP contribution in [-0.4, -0.2) is 12.7 Å². The van der Waals surface area contributed by atoms with Gasteiger partial charge in [-0.05, 0) is 60.9 Å². The van der Waals surface area contributed by atoms with Crippen molar-refractivity contribution in [2.75, 3.05) is 6.61 Å². The van der Waals surface area contributed by atoms with Crippen LogP contribution in [0.1, 0.15) is 82.3 Å². The van der Waals surface area contributed by atoms with Crippen LogP contribution in [0.2, 0.25) is 0 Å². The minimum absolute atomic E-state index is 0.147. The SMILES string of the molecule is CC=CC1CCC(c2ccc(-c3ccc(-c4ccc(CCCCCCCC)c(F)c4F)cc3)c(F)c2)CO1. The summed E-state index contributed by atoms with van der Waals surface area (Å²) in [6, 6.07) is 15.7. The highest BCUT2D eigenvalue weighted by Gasteiger charge is 2.22. The Morgan fingerprint density at radius 2 is 1.47 bits per heavy atom. The van der Waals surface area contributed by atoms with Gasteiger partial charge in [0.05, 0.1) is 12.7 Å². The van der Waals surface area contributed by atoms with E-state index in [-0.39, 0.29) is 23.4 Å². The van der Waals surface area contributed by atoms with Crippen molar-refractivity contribution in [2.45, 2.75) is 83.7 Å². The summed E-state index contributed by atoms with van der Waals surface area (Å²) in [5.74, 6) is -1.68. The highest BCUT2D eigenvalue weighted by Crippen LogP contribution is 2.33. The van der Waals surface area contributed by atoms with Crippen molar-refractivity contribution in [3.63, 3.8) is 0 Å². The summed E-state index contributed by atoms with van der Waals surface area (Å²) in [4.78, 5) is 0. The zero-order valence-electron chi connectivity index (χ0n) is 22.6. The van der Waals surface area contributed by atoms with Crippen LogP contribution in [0.15, 0.2) is 66.7 Å². The van der Waals surface area contributed by atoms with Crippen molar-refractivity contribution in [3.05, 3.63) is 95.3 Å². The van der Waals surface area contributed by atoms with E-state index in [0.29, 0.717) is 35.3 Å². The second-order valence-electron chi connectivity index (χ2n) is 10.4. The molecule has 0 amide bonds. The minimum atomic E-state index is -0.817. The Hall–Kier alpha value is -2.85. The molecule has 0 aromatic heterocycles. The number of aryl methyl sites for hydroxylation is 1. The second kappa shape index (κ2) is 13.8. The van der Waals surface area contributed by atoms with E-state index in [1.807, 2.05) is 19.1 Å². The monoisotopic (exact) mass is 520 g/mol. The Labute approximate surface area is 225 Å². The molecule has 0 saturated carbocycles. The molecule has 0 N–H and O–H groups in total. The molecular formula is C34H39F3O. The molecule has 0 bridgehead atoms. The minimum Gasteiger partial charge on any atom is -0.374 e. The van der Waals surface area contributed by atoms with Crippen LogP contribution in [-0.2, 0) is 11.2 Å². The smallest absolute Gasteiger partial charge is 0.166 e. The maximum Gasteiger partial charge on any atom is 0.166 e. The molecule has 38 heavy (non-hydrogen) atoms. The van der Waals surface area contributed by atoms with Gasteiger partial charge in [0, 0.05) is 17.0 Å². The highest BCUT2D eigenvalue weighted by atomic mass is 19.2. The number of hydrogen-bond donors (Lipinski definition) is 0. The van der Waals surface area contributed by atoms with Gasteiger partial charge in [0.1, 0.15) is 5.82 Å². The molecule has 1 aliphatic rings. The molecule has 202 valence electrons. The normalized spacial score (nSPS) is 17.8. The lowest BCUT2D eigenvalue weighted by Gasteiger charge is -2.28. The van der Waals surface area contributed by atoms with E-state index in [1.165, 1.54) is 19.3 Å². The predicted octanol–water partition coefficient (Wildman–Crippen LogP) is 10.2. The summed E-state index contributed by atoms with van der Waals surface area (Å²) >= 11 is 0. The van der Waals surface area contributed by atoms with Crippen LogP contribution in [0.5, 0.6) is 0 Å². The maximum atomic E-state index is 15.1. The fraction of sp³-hybridized carbons (Fsp3) is 0.412. The number of halogens is 3. The zero-order valence-corrected chi connectivity index (χ0v) is 22.6. The molecule has 1 nitrogen and oxygen atoms in total. The molecule has 0 aliphatic carbocycles. The fourth-order valence-electron chi connectivity index (χ4n) is 5.35. The van der Waals surface area contributed by atoms with Gasteiger partial charge in [0.2, 0.25) is 0 Å². The summed E-state index contributed by atoms with van der Waals surface area (Å²) in [6.45, 7) is 4.75. The topological polar surface area (TPSA) is 9.23 Å². The third-order valence-corrected chi connectivity index (χ3v) is 7.65. The summed E-state index contributed by atoms with van der Waals surface area (Å²) in [5, 5.41) is 0. The quantitative estimate of drug-likeness (QED) is 0.180. The van der Waals surface area contributed by atoms with Crippen LogP contribution < -0.4 is 0 Å². The molecule has 4 heteroatoms. The van der Waals surface area contributed by atoms with Gasteiger partial charge in [-0.25, -0.2) is 13.2 Å². The van der Waals surface area contributed by atoms with Gasteiger partial charge < -0.3 is 4.74 Å². The van der Waals surface area contributed by atoms with Crippen LogP contribution in [0.25, 0.3) is 22.3 Å². The molecule has 3 aromatic rings. The first-order valence-corrected chi connectivity index (χ1v) is 14.1. The number of rotatable bonds is 11. The van der Waals surface area contributed by atoms with E-state index >= 15 is 4.39 Å². The van der Waals surface area contributed by atoms with Gasteiger partial charge in [-0.3, -0.25) is 0 Å². The number of ether oxygens (including phenoxy) is 1. The summed E-state index contributed by atoms with van der Waals surface area (Å²) in [6.07, 6.45) is 13.3.